The van der Waals surface area contributed by atoms with Gasteiger partial charge in [-0.1, -0.05) is 0 Å². The fourth-order valence-electron chi connectivity index (χ4n) is 2.12. The van der Waals surface area contributed by atoms with Crippen molar-refractivity contribution in [2.24, 2.45) is 0 Å². The van der Waals surface area contributed by atoms with E-state index in [2.05, 4.69) is 16.7 Å². The molecule has 1 aromatic rings. The van der Waals surface area contributed by atoms with Gasteiger partial charge in [0.25, 0.3) is 0 Å². The quantitative estimate of drug-likeness (QED) is 0.832. The predicted octanol–water partition coefficient (Wildman–Crippen LogP) is 0.431. The molecule has 106 valence electrons. The van der Waals surface area contributed by atoms with Crippen LogP contribution < -0.4 is 15.4 Å². The van der Waals surface area contributed by atoms with Crippen LogP contribution >= 0.6 is 0 Å². The molecule has 0 aromatic heterocycles. The van der Waals surface area contributed by atoms with Crippen LogP contribution in [0.5, 0.6) is 5.75 Å². The summed E-state index contributed by atoms with van der Waals surface area (Å²) in [4.78, 5) is 13.9. The molecule has 1 heterocycles. The number of anilines is 1. The highest BCUT2D eigenvalue weighted by atomic mass is 16.5. The first kappa shape index (κ1) is 14.3. The lowest BCUT2D eigenvalue weighted by Gasteiger charge is -2.31. The van der Waals surface area contributed by atoms with E-state index in [1.54, 1.807) is 31.4 Å². The van der Waals surface area contributed by atoms with E-state index in [0.29, 0.717) is 13.1 Å². The first-order chi connectivity index (χ1) is 9.72. The fraction of sp³-hybridized carbons (Fsp3) is 0.429. The van der Waals surface area contributed by atoms with Crippen molar-refractivity contribution in [2.45, 2.75) is 6.04 Å². The zero-order chi connectivity index (χ0) is 14.4. The number of nitriles is 1. The summed E-state index contributed by atoms with van der Waals surface area (Å²) in [6.45, 7) is 2.33. The van der Waals surface area contributed by atoms with E-state index in [4.69, 9.17) is 10.00 Å². The first-order valence-electron chi connectivity index (χ1n) is 6.51. The van der Waals surface area contributed by atoms with Gasteiger partial charge in [-0.15, -0.1) is 0 Å². The minimum Gasteiger partial charge on any atom is -0.497 e. The molecule has 1 amide bonds. The van der Waals surface area contributed by atoms with Crippen LogP contribution in [0.25, 0.3) is 0 Å². The summed E-state index contributed by atoms with van der Waals surface area (Å²) in [6, 6.07) is 9.12. The number of methoxy groups -OCH3 is 1. The number of carbonyl (C=O) groups is 1. The number of piperazine rings is 1. The number of ether oxygens (including phenoxy) is 1. The molecule has 1 unspecified atom stereocenters. The molecule has 2 N–H and O–H groups in total. The van der Waals surface area contributed by atoms with E-state index in [1.165, 1.54) is 0 Å². The molecule has 1 fully saturated rings. The van der Waals surface area contributed by atoms with Crippen molar-refractivity contribution in [2.75, 3.05) is 38.6 Å². The van der Waals surface area contributed by atoms with Crippen molar-refractivity contribution in [3.8, 4) is 11.8 Å². The standard InChI is InChI=1S/C14H18N4O2/c1-20-13-4-2-11(3-5-13)17-14(19)10-18-7-6-16-9-12(18)8-15/h2-5,12,16H,6-7,9-10H2,1H3,(H,17,19). The molecule has 6 nitrogen and oxygen atoms in total. The predicted molar refractivity (Wildman–Crippen MR) is 75.5 cm³/mol. The van der Waals surface area contributed by atoms with E-state index in [9.17, 15) is 4.79 Å². The van der Waals surface area contributed by atoms with Crippen molar-refractivity contribution < 1.29 is 9.53 Å². The Labute approximate surface area is 118 Å². The largest absolute Gasteiger partial charge is 0.497 e. The van der Waals surface area contributed by atoms with Gasteiger partial charge in [0.15, 0.2) is 0 Å². The summed E-state index contributed by atoms with van der Waals surface area (Å²) < 4.78 is 5.06. The second-order valence-corrected chi connectivity index (χ2v) is 4.60. The highest BCUT2D eigenvalue weighted by molar-refractivity contribution is 5.92. The van der Waals surface area contributed by atoms with Gasteiger partial charge in [0, 0.05) is 25.3 Å². The van der Waals surface area contributed by atoms with E-state index in [0.717, 1.165) is 18.0 Å². The molecule has 0 aliphatic carbocycles. The minimum atomic E-state index is -0.245. The molecular formula is C14H18N4O2. The van der Waals surface area contributed by atoms with Gasteiger partial charge in [-0.05, 0) is 24.3 Å². The molecule has 1 aliphatic rings. The van der Waals surface area contributed by atoms with Crippen LogP contribution in [-0.2, 0) is 4.79 Å². The zero-order valence-corrected chi connectivity index (χ0v) is 11.4. The number of carbonyl (C=O) groups excluding carboxylic acids is 1. The Balaban J connectivity index is 1.89. The minimum absolute atomic E-state index is 0.114. The van der Waals surface area contributed by atoms with E-state index in [-0.39, 0.29) is 18.5 Å². The molecule has 2 rings (SSSR count). The first-order valence-corrected chi connectivity index (χ1v) is 6.51. The molecule has 0 radical (unpaired) electrons. The summed E-state index contributed by atoms with van der Waals surface area (Å²) >= 11 is 0. The van der Waals surface area contributed by atoms with Gasteiger partial charge < -0.3 is 15.4 Å². The van der Waals surface area contributed by atoms with Crippen molar-refractivity contribution >= 4 is 11.6 Å². The third kappa shape index (κ3) is 3.70. The van der Waals surface area contributed by atoms with Crippen LogP contribution in [0.1, 0.15) is 0 Å². The lowest BCUT2D eigenvalue weighted by molar-refractivity contribution is -0.117. The number of benzene rings is 1. The van der Waals surface area contributed by atoms with Gasteiger partial charge in [0.05, 0.1) is 19.7 Å². The van der Waals surface area contributed by atoms with Crippen LogP contribution in [0, 0.1) is 11.3 Å². The maximum atomic E-state index is 12.0. The smallest absolute Gasteiger partial charge is 0.238 e. The Hall–Kier alpha value is -2.10. The molecule has 20 heavy (non-hydrogen) atoms. The highest BCUT2D eigenvalue weighted by Gasteiger charge is 2.23. The second kappa shape index (κ2) is 6.89. The van der Waals surface area contributed by atoms with Crippen molar-refractivity contribution in [3.63, 3.8) is 0 Å². The molecule has 1 atom stereocenters. The number of nitrogens with zero attached hydrogens (tertiary/aromatic N) is 2. The van der Waals surface area contributed by atoms with Crippen molar-refractivity contribution in [3.05, 3.63) is 24.3 Å². The van der Waals surface area contributed by atoms with Crippen molar-refractivity contribution in [1.29, 1.82) is 5.26 Å². The molecule has 0 saturated carbocycles. The molecular weight excluding hydrogens is 256 g/mol. The average molecular weight is 274 g/mol. The van der Waals surface area contributed by atoms with Crippen LogP contribution in [0.4, 0.5) is 5.69 Å². The van der Waals surface area contributed by atoms with Gasteiger partial charge >= 0.3 is 0 Å². The Morgan fingerprint density at radius 1 is 1.55 bits per heavy atom. The van der Waals surface area contributed by atoms with E-state index < -0.39 is 0 Å². The number of rotatable bonds is 4. The SMILES string of the molecule is COc1ccc(NC(=O)CN2CCNCC2C#N)cc1. The number of amides is 1. The molecule has 1 saturated heterocycles. The van der Waals surface area contributed by atoms with Crippen LogP contribution in [0.2, 0.25) is 0 Å². The summed E-state index contributed by atoms with van der Waals surface area (Å²) in [7, 11) is 1.60. The van der Waals surface area contributed by atoms with Crippen molar-refractivity contribution in [1.82, 2.24) is 10.2 Å². The van der Waals surface area contributed by atoms with Gasteiger partial charge in [0.1, 0.15) is 11.8 Å². The maximum absolute atomic E-state index is 12.0. The van der Waals surface area contributed by atoms with Crippen LogP contribution in [-0.4, -0.2) is 50.1 Å². The van der Waals surface area contributed by atoms with Gasteiger partial charge in [-0.3, -0.25) is 9.69 Å². The average Bonchev–Trinajstić information content (AvgIpc) is 2.48. The Morgan fingerprint density at radius 3 is 2.95 bits per heavy atom. The monoisotopic (exact) mass is 274 g/mol. The third-order valence-electron chi connectivity index (χ3n) is 3.22. The topological polar surface area (TPSA) is 77.4 Å². The highest BCUT2D eigenvalue weighted by Crippen LogP contribution is 2.15. The van der Waals surface area contributed by atoms with Gasteiger partial charge in [-0.25, -0.2) is 0 Å². The molecule has 1 aliphatic heterocycles. The lowest BCUT2D eigenvalue weighted by atomic mass is 10.2. The van der Waals surface area contributed by atoms with Crippen LogP contribution in [0.15, 0.2) is 24.3 Å². The summed E-state index contributed by atoms with van der Waals surface area (Å²) in [5, 5.41) is 15.0. The molecule has 0 bridgehead atoms. The molecule has 1 aromatic carbocycles. The Morgan fingerprint density at radius 2 is 2.30 bits per heavy atom. The van der Waals surface area contributed by atoms with Crippen LogP contribution in [0.3, 0.4) is 0 Å². The third-order valence-corrected chi connectivity index (χ3v) is 3.22. The Bertz CT molecular complexity index is 495. The van der Waals surface area contributed by atoms with E-state index in [1.807, 2.05) is 4.90 Å². The number of hydrogen-bond donors (Lipinski definition) is 2. The van der Waals surface area contributed by atoms with E-state index >= 15 is 0 Å². The zero-order valence-electron chi connectivity index (χ0n) is 11.4. The summed E-state index contributed by atoms with van der Waals surface area (Å²) in [5.41, 5.74) is 0.722. The fourth-order valence-corrected chi connectivity index (χ4v) is 2.12. The molecule has 0 spiro atoms. The lowest BCUT2D eigenvalue weighted by Crippen LogP contribution is -2.52. The second-order valence-electron chi connectivity index (χ2n) is 4.60. The summed E-state index contributed by atoms with van der Waals surface area (Å²) in [6.07, 6.45) is 0. The number of hydrogen-bond acceptors (Lipinski definition) is 5. The van der Waals surface area contributed by atoms with Gasteiger partial charge in [0.2, 0.25) is 5.91 Å². The normalized spacial score (nSPS) is 19.1. The van der Waals surface area contributed by atoms with Gasteiger partial charge in [-0.2, -0.15) is 5.26 Å². The maximum Gasteiger partial charge on any atom is 0.238 e. The Kier molecular flexibility index (Phi) is 4.93. The number of nitrogens with one attached hydrogen (secondary N) is 2. The molecule has 6 heteroatoms. The summed E-state index contributed by atoms with van der Waals surface area (Å²) in [5.74, 6) is 0.631.